The highest BCUT2D eigenvalue weighted by atomic mass is 16.5. The Hall–Kier alpha value is -3.94. The van der Waals surface area contributed by atoms with Crippen molar-refractivity contribution < 1.29 is 38.9 Å². The van der Waals surface area contributed by atoms with Crippen molar-refractivity contribution in [3.05, 3.63) is 71.8 Å². The van der Waals surface area contributed by atoms with Crippen LogP contribution in [0, 0.1) is 19.3 Å². The van der Waals surface area contributed by atoms with Crippen LogP contribution in [0.5, 0.6) is 11.5 Å². The van der Waals surface area contributed by atoms with Crippen LogP contribution < -0.4 is 19.7 Å². The highest BCUT2D eigenvalue weighted by molar-refractivity contribution is 5.99. The maximum atomic E-state index is 12.4. The summed E-state index contributed by atoms with van der Waals surface area (Å²) < 4.78 is 10.2. The predicted octanol–water partition coefficient (Wildman–Crippen LogP) is 0.637. The lowest BCUT2D eigenvalue weighted by Crippen LogP contribution is -2.50. The molecular formula is C23H20O8-2. The van der Waals surface area contributed by atoms with Crippen molar-refractivity contribution in [2.75, 3.05) is 0 Å². The normalized spacial score (nSPS) is 10.8. The molecule has 0 unspecified atom stereocenters. The number of ether oxygens (including phenoxy) is 2. The molecule has 0 amide bonds. The Morgan fingerprint density at radius 2 is 1.26 bits per heavy atom. The molecule has 2 aromatic rings. The quantitative estimate of drug-likeness (QED) is 0.325. The van der Waals surface area contributed by atoms with Gasteiger partial charge in [0.05, 0.1) is 30.2 Å². The van der Waals surface area contributed by atoms with Gasteiger partial charge in [0.15, 0.2) is 0 Å². The van der Waals surface area contributed by atoms with Gasteiger partial charge in [0, 0.05) is 0 Å². The molecule has 0 N–H and O–H groups in total. The summed E-state index contributed by atoms with van der Waals surface area (Å²) >= 11 is 0. The smallest absolute Gasteiger partial charge is 0.312 e. The first kappa shape index (κ1) is 23.3. The average Bonchev–Trinajstić information content (AvgIpc) is 2.66. The van der Waals surface area contributed by atoms with Crippen molar-refractivity contribution in [3.63, 3.8) is 0 Å². The van der Waals surface area contributed by atoms with Crippen LogP contribution in [0.1, 0.15) is 24.0 Å². The highest BCUT2D eigenvalue weighted by Gasteiger charge is 2.41. The lowest BCUT2D eigenvalue weighted by Gasteiger charge is -2.35. The largest absolute Gasteiger partial charge is 0.549 e. The minimum absolute atomic E-state index is 0.124. The molecule has 0 bridgehead atoms. The van der Waals surface area contributed by atoms with E-state index < -0.39 is 47.7 Å². The van der Waals surface area contributed by atoms with E-state index in [-0.39, 0.29) is 11.5 Å². The predicted molar refractivity (Wildman–Crippen MR) is 104 cm³/mol. The van der Waals surface area contributed by atoms with Crippen LogP contribution in [0.25, 0.3) is 0 Å². The van der Waals surface area contributed by atoms with E-state index in [4.69, 9.17) is 9.47 Å². The first-order chi connectivity index (χ1) is 14.5. The Morgan fingerprint density at radius 1 is 0.839 bits per heavy atom. The number of aryl methyl sites for hydroxylation is 2. The number of benzene rings is 2. The molecular weight excluding hydrogens is 404 g/mol. The molecule has 0 spiro atoms. The lowest BCUT2D eigenvalue weighted by atomic mass is 9.75. The van der Waals surface area contributed by atoms with Crippen molar-refractivity contribution in [2.45, 2.75) is 26.7 Å². The van der Waals surface area contributed by atoms with Gasteiger partial charge in [-0.05, 0) is 54.8 Å². The summed E-state index contributed by atoms with van der Waals surface area (Å²) in [6, 6.07) is 12.7. The molecule has 0 aliphatic heterocycles. The highest BCUT2D eigenvalue weighted by Crippen LogP contribution is 2.35. The molecule has 31 heavy (non-hydrogen) atoms. The number of carboxylic acids is 2. The van der Waals surface area contributed by atoms with E-state index in [0.717, 1.165) is 11.1 Å². The zero-order valence-corrected chi connectivity index (χ0v) is 17.0. The molecule has 0 aliphatic carbocycles. The van der Waals surface area contributed by atoms with Crippen molar-refractivity contribution >= 4 is 23.9 Å². The fraction of sp³-hybridized carbons (Fsp3) is 0.217. The van der Waals surface area contributed by atoms with E-state index in [1.165, 1.54) is 24.3 Å². The molecule has 0 saturated carbocycles. The number of aliphatic carboxylic acids is 2. The van der Waals surface area contributed by atoms with Crippen molar-refractivity contribution in [1.82, 2.24) is 0 Å². The summed E-state index contributed by atoms with van der Waals surface area (Å²) in [5, 5.41) is 23.4. The maximum absolute atomic E-state index is 12.4. The lowest BCUT2D eigenvalue weighted by molar-refractivity contribution is -0.322. The third-order valence-corrected chi connectivity index (χ3v) is 4.55. The molecule has 0 aliphatic rings. The van der Waals surface area contributed by atoms with Crippen LogP contribution in [0.3, 0.4) is 0 Å². The number of hydrogen-bond acceptors (Lipinski definition) is 8. The Morgan fingerprint density at radius 3 is 1.58 bits per heavy atom. The average molecular weight is 424 g/mol. The van der Waals surface area contributed by atoms with Gasteiger partial charge in [-0.2, -0.15) is 0 Å². The Kier molecular flexibility index (Phi) is 7.31. The minimum Gasteiger partial charge on any atom is -0.549 e. The van der Waals surface area contributed by atoms with Crippen LogP contribution in [0.4, 0.5) is 0 Å². The molecule has 2 aromatic carbocycles. The molecule has 0 radical (unpaired) electrons. The first-order valence-corrected chi connectivity index (χ1v) is 9.20. The van der Waals surface area contributed by atoms with Gasteiger partial charge in [0.2, 0.25) is 0 Å². The first-order valence-electron chi connectivity index (χ1n) is 9.20. The zero-order chi connectivity index (χ0) is 23.2. The third-order valence-electron chi connectivity index (χ3n) is 4.55. The second-order valence-corrected chi connectivity index (χ2v) is 7.07. The van der Waals surface area contributed by atoms with Gasteiger partial charge in [-0.3, -0.25) is 9.59 Å². The van der Waals surface area contributed by atoms with Crippen molar-refractivity contribution in [1.29, 1.82) is 0 Å². The number of esters is 2. The van der Waals surface area contributed by atoms with Crippen LogP contribution in [-0.2, 0) is 19.2 Å². The minimum atomic E-state index is -2.62. The molecule has 0 aromatic heterocycles. The van der Waals surface area contributed by atoms with Crippen LogP contribution in [0.15, 0.2) is 60.7 Å². The van der Waals surface area contributed by atoms with Crippen LogP contribution in [-0.4, -0.2) is 23.9 Å². The summed E-state index contributed by atoms with van der Waals surface area (Å²) in [5.74, 6) is -5.89. The molecule has 0 atom stereocenters. The zero-order valence-electron chi connectivity index (χ0n) is 17.0. The van der Waals surface area contributed by atoms with E-state index >= 15 is 0 Å². The second-order valence-electron chi connectivity index (χ2n) is 7.07. The number of hydrogen-bond donors (Lipinski definition) is 0. The monoisotopic (exact) mass is 424 g/mol. The van der Waals surface area contributed by atoms with Gasteiger partial charge in [-0.1, -0.05) is 30.8 Å². The van der Waals surface area contributed by atoms with Gasteiger partial charge < -0.3 is 29.3 Å². The molecule has 0 heterocycles. The van der Waals surface area contributed by atoms with Gasteiger partial charge in [-0.15, -0.1) is 0 Å². The second kappa shape index (κ2) is 9.71. The van der Waals surface area contributed by atoms with E-state index in [1.807, 2.05) is 0 Å². The Balaban J connectivity index is 2.30. The SMILES string of the molecule is C=C(C(=O)[O-])C(CC(=O)Oc1cccc(C)c1)(CC(=O)Oc1cccc(C)c1)C(=O)[O-]. The van der Waals surface area contributed by atoms with E-state index in [0.29, 0.717) is 0 Å². The molecule has 162 valence electrons. The number of carboxylic acid groups (broad SMARTS) is 2. The fourth-order valence-electron chi connectivity index (χ4n) is 2.92. The van der Waals surface area contributed by atoms with Gasteiger partial charge >= 0.3 is 11.9 Å². The van der Waals surface area contributed by atoms with E-state index in [2.05, 4.69) is 6.58 Å². The molecule has 2 rings (SSSR count). The van der Waals surface area contributed by atoms with Gasteiger partial charge in [0.25, 0.3) is 0 Å². The fourth-order valence-corrected chi connectivity index (χ4v) is 2.92. The van der Waals surface area contributed by atoms with E-state index in [9.17, 15) is 29.4 Å². The number of carbonyl (C=O) groups excluding carboxylic acids is 4. The molecule has 8 nitrogen and oxygen atoms in total. The summed E-state index contributed by atoms with van der Waals surface area (Å²) in [6.07, 6.45) is -2.06. The van der Waals surface area contributed by atoms with Crippen molar-refractivity contribution in [2.24, 2.45) is 5.41 Å². The Labute approximate surface area is 178 Å². The van der Waals surface area contributed by atoms with Crippen LogP contribution >= 0.6 is 0 Å². The van der Waals surface area contributed by atoms with E-state index in [1.54, 1.807) is 38.1 Å². The Bertz CT molecular complexity index is 976. The summed E-state index contributed by atoms with van der Waals surface area (Å²) in [4.78, 5) is 48.3. The summed E-state index contributed by atoms with van der Waals surface area (Å²) in [7, 11) is 0. The molecule has 8 heteroatoms. The summed E-state index contributed by atoms with van der Waals surface area (Å²) in [6.45, 7) is 6.70. The third kappa shape index (κ3) is 6.02. The van der Waals surface area contributed by atoms with Crippen molar-refractivity contribution in [3.8, 4) is 11.5 Å². The topological polar surface area (TPSA) is 133 Å². The number of rotatable bonds is 9. The summed E-state index contributed by atoms with van der Waals surface area (Å²) in [5.41, 5.74) is -2.08. The van der Waals surface area contributed by atoms with Crippen LogP contribution in [0.2, 0.25) is 0 Å². The molecule has 0 saturated heterocycles. The maximum Gasteiger partial charge on any atom is 0.312 e. The van der Waals surface area contributed by atoms with Gasteiger partial charge in [0.1, 0.15) is 11.5 Å². The standard InChI is InChI=1S/C23H22O8/c1-14-6-4-8-17(10-14)30-19(24)12-23(22(28)29,16(3)21(26)27)13-20(25)31-18-9-5-7-15(2)11-18/h4-11H,3,12-13H2,1-2H3,(H,26,27)(H,28,29)/p-2. The molecule has 0 fully saturated rings. The van der Waals surface area contributed by atoms with Gasteiger partial charge in [-0.25, -0.2) is 0 Å². The number of carbonyl (C=O) groups is 4.